The van der Waals surface area contributed by atoms with Crippen molar-refractivity contribution in [2.24, 2.45) is 0 Å². The zero-order valence-electron chi connectivity index (χ0n) is 10.00. The molecule has 2 fully saturated rings. The molecule has 92 valence electrons. The van der Waals surface area contributed by atoms with Gasteiger partial charge in [-0.05, 0) is 19.8 Å². The second kappa shape index (κ2) is 5.64. The molecule has 0 radical (unpaired) electrons. The van der Waals surface area contributed by atoms with Crippen LogP contribution < -0.4 is 10.6 Å². The topological polar surface area (TPSA) is 50.4 Å². The highest BCUT2D eigenvalue weighted by atomic mass is 16.5. The van der Waals surface area contributed by atoms with Crippen molar-refractivity contribution in [1.82, 2.24) is 10.6 Å². The van der Waals surface area contributed by atoms with Crippen LogP contribution in [0.5, 0.6) is 0 Å². The summed E-state index contributed by atoms with van der Waals surface area (Å²) in [5.41, 5.74) is 0. The van der Waals surface area contributed by atoms with Crippen LogP contribution in [0.2, 0.25) is 0 Å². The molecule has 1 aliphatic heterocycles. The average molecular weight is 226 g/mol. The van der Waals surface area contributed by atoms with E-state index < -0.39 is 0 Å². The van der Waals surface area contributed by atoms with Gasteiger partial charge in [-0.1, -0.05) is 19.3 Å². The molecule has 4 heteroatoms. The quantitative estimate of drug-likeness (QED) is 0.732. The van der Waals surface area contributed by atoms with Crippen molar-refractivity contribution >= 4 is 5.91 Å². The molecule has 2 N–H and O–H groups in total. The zero-order chi connectivity index (χ0) is 11.4. The maximum Gasteiger partial charge on any atom is 0.250 e. The minimum absolute atomic E-state index is 0.0614. The molecular weight excluding hydrogens is 204 g/mol. The molecule has 0 aromatic heterocycles. The van der Waals surface area contributed by atoms with Crippen LogP contribution in [0, 0.1) is 0 Å². The highest BCUT2D eigenvalue weighted by Crippen LogP contribution is 2.17. The van der Waals surface area contributed by atoms with E-state index in [0.29, 0.717) is 25.2 Å². The third-order valence-corrected chi connectivity index (χ3v) is 3.44. The number of amides is 1. The number of ether oxygens (including phenoxy) is 1. The van der Waals surface area contributed by atoms with Crippen molar-refractivity contribution in [2.45, 2.75) is 57.2 Å². The summed E-state index contributed by atoms with van der Waals surface area (Å²) in [7, 11) is 0. The molecule has 2 rings (SSSR count). The van der Waals surface area contributed by atoms with Crippen LogP contribution in [0.4, 0.5) is 0 Å². The van der Waals surface area contributed by atoms with E-state index in [1.807, 2.05) is 0 Å². The minimum atomic E-state index is -0.293. The highest BCUT2D eigenvalue weighted by Gasteiger charge is 2.26. The van der Waals surface area contributed by atoms with Crippen LogP contribution in [0.15, 0.2) is 0 Å². The number of rotatable bonds is 2. The molecular formula is C12H22N2O2. The Morgan fingerprint density at radius 2 is 2.06 bits per heavy atom. The summed E-state index contributed by atoms with van der Waals surface area (Å²) < 4.78 is 5.52. The van der Waals surface area contributed by atoms with Gasteiger partial charge in [-0.3, -0.25) is 4.79 Å². The fourth-order valence-electron chi connectivity index (χ4n) is 2.40. The molecule has 1 saturated carbocycles. The minimum Gasteiger partial charge on any atom is -0.365 e. The monoisotopic (exact) mass is 226 g/mol. The molecule has 2 aliphatic rings. The molecule has 0 bridgehead atoms. The molecule has 1 saturated heterocycles. The van der Waals surface area contributed by atoms with Crippen LogP contribution in [0.25, 0.3) is 0 Å². The predicted octanol–water partition coefficient (Wildman–Crippen LogP) is 0.812. The van der Waals surface area contributed by atoms with E-state index in [-0.39, 0.29) is 12.0 Å². The molecule has 4 nitrogen and oxygen atoms in total. The highest BCUT2D eigenvalue weighted by molar-refractivity contribution is 5.81. The van der Waals surface area contributed by atoms with Gasteiger partial charge in [0, 0.05) is 18.6 Å². The van der Waals surface area contributed by atoms with Gasteiger partial charge in [-0.25, -0.2) is 0 Å². The largest absolute Gasteiger partial charge is 0.365 e. The first-order valence-corrected chi connectivity index (χ1v) is 6.41. The number of nitrogens with one attached hydrogen (secondary N) is 2. The van der Waals surface area contributed by atoms with Gasteiger partial charge in [0.15, 0.2) is 0 Å². The van der Waals surface area contributed by atoms with E-state index in [4.69, 9.17) is 4.74 Å². The van der Waals surface area contributed by atoms with E-state index >= 15 is 0 Å². The molecule has 0 spiro atoms. The van der Waals surface area contributed by atoms with Crippen molar-refractivity contribution in [1.29, 1.82) is 0 Å². The van der Waals surface area contributed by atoms with Gasteiger partial charge in [0.25, 0.3) is 5.91 Å². The van der Waals surface area contributed by atoms with Crippen LogP contribution in [0.1, 0.15) is 39.0 Å². The van der Waals surface area contributed by atoms with E-state index in [1.54, 1.807) is 0 Å². The Labute approximate surface area is 97.1 Å². The van der Waals surface area contributed by atoms with Gasteiger partial charge in [0.1, 0.15) is 6.10 Å². The van der Waals surface area contributed by atoms with Gasteiger partial charge in [0.05, 0.1) is 6.61 Å². The van der Waals surface area contributed by atoms with Crippen molar-refractivity contribution < 1.29 is 9.53 Å². The first-order chi connectivity index (χ1) is 7.75. The number of carbonyl (C=O) groups is 1. The third kappa shape index (κ3) is 3.19. The fraction of sp³-hybridized carbons (Fsp3) is 0.917. The lowest BCUT2D eigenvalue weighted by molar-refractivity contribution is -0.136. The molecule has 2 unspecified atom stereocenters. The Balaban J connectivity index is 1.74. The Morgan fingerprint density at radius 1 is 1.31 bits per heavy atom. The Morgan fingerprint density at radius 3 is 2.69 bits per heavy atom. The molecule has 1 heterocycles. The smallest absolute Gasteiger partial charge is 0.250 e. The van der Waals surface area contributed by atoms with Gasteiger partial charge in [-0.2, -0.15) is 0 Å². The van der Waals surface area contributed by atoms with E-state index in [1.165, 1.54) is 19.3 Å². The standard InChI is InChI=1S/C12H22N2O2/c1-9-8-16-11(7-13-9)12(15)14-10-5-3-2-4-6-10/h9-11,13H,2-8H2,1H3,(H,14,15). The lowest BCUT2D eigenvalue weighted by Gasteiger charge is -2.30. The van der Waals surface area contributed by atoms with Crippen molar-refractivity contribution in [3.05, 3.63) is 0 Å². The summed E-state index contributed by atoms with van der Waals surface area (Å²) in [4.78, 5) is 11.9. The van der Waals surface area contributed by atoms with Crippen molar-refractivity contribution in [2.75, 3.05) is 13.2 Å². The molecule has 16 heavy (non-hydrogen) atoms. The summed E-state index contributed by atoms with van der Waals surface area (Å²) in [6, 6.07) is 0.739. The average Bonchev–Trinajstić information content (AvgIpc) is 2.31. The van der Waals surface area contributed by atoms with Gasteiger partial charge in [0.2, 0.25) is 0 Å². The SMILES string of the molecule is CC1COC(C(=O)NC2CCCCC2)CN1. The van der Waals surface area contributed by atoms with E-state index in [2.05, 4.69) is 17.6 Å². The van der Waals surface area contributed by atoms with Gasteiger partial charge in [-0.15, -0.1) is 0 Å². The Kier molecular flexibility index (Phi) is 4.18. The van der Waals surface area contributed by atoms with Crippen LogP contribution in [-0.2, 0) is 9.53 Å². The summed E-state index contributed by atoms with van der Waals surface area (Å²) >= 11 is 0. The fourth-order valence-corrected chi connectivity index (χ4v) is 2.40. The first kappa shape index (κ1) is 11.9. The molecule has 0 aromatic carbocycles. The zero-order valence-corrected chi connectivity index (χ0v) is 10.00. The number of carbonyl (C=O) groups excluding carboxylic acids is 1. The van der Waals surface area contributed by atoms with Crippen molar-refractivity contribution in [3.63, 3.8) is 0 Å². The summed E-state index contributed by atoms with van der Waals surface area (Å²) in [6.45, 7) is 3.33. The Bertz CT molecular complexity index is 231. The molecule has 2 atom stereocenters. The number of hydrogen-bond acceptors (Lipinski definition) is 3. The summed E-state index contributed by atoms with van der Waals surface area (Å²) in [5.74, 6) is 0.0614. The Hall–Kier alpha value is -0.610. The van der Waals surface area contributed by atoms with Crippen LogP contribution >= 0.6 is 0 Å². The second-order valence-electron chi connectivity index (χ2n) is 4.97. The third-order valence-electron chi connectivity index (χ3n) is 3.44. The van der Waals surface area contributed by atoms with E-state index in [9.17, 15) is 4.79 Å². The van der Waals surface area contributed by atoms with Gasteiger partial charge >= 0.3 is 0 Å². The summed E-state index contributed by atoms with van der Waals surface area (Å²) in [5, 5.41) is 6.36. The normalized spacial score (nSPS) is 32.3. The first-order valence-electron chi connectivity index (χ1n) is 6.41. The maximum atomic E-state index is 11.9. The number of morpholine rings is 1. The van der Waals surface area contributed by atoms with E-state index in [0.717, 1.165) is 12.8 Å². The molecule has 1 amide bonds. The maximum absolute atomic E-state index is 11.9. The summed E-state index contributed by atoms with van der Waals surface area (Å²) in [6.07, 6.45) is 5.76. The molecule has 0 aromatic rings. The molecule has 1 aliphatic carbocycles. The van der Waals surface area contributed by atoms with Crippen molar-refractivity contribution in [3.8, 4) is 0 Å². The lowest BCUT2D eigenvalue weighted by Crippen LogP contribution is -2.53. The predicted molar refractivity (Wildman–Crippen MR) is 62.2 cm³/mol. The lowest BCUT2D eigenvalue weighted by atomic mass is 9.95. The van der Waals surface area contributed by atoms with Crippen LogP contribution in [0.3, 0.4) is 0 Å². The van der Waals surface area contributed by atoms with Gasteiger partial charge < -0.3 is 15.4 Å². The van der Waals surface area contributed by atoms with Crippen LogP contribution in [-0.4, -0.2) is 37.2 Å². The second-order valence-corrected chi connectivity index (χ2v) is 4.97. The number of hydrogen-bond donors (Lipinski definition) is 2.